The number of amides is 1. The first-order chi connectivity index (χ1) is 13.0. The normalized spacial score (nSPS) is 12.0. The van der Waals surface area contributed by atoms with Gasteiger partial charge in [-0.25, -0.2) is 9.97 Å². The van der Waals surface area contributed by atoms with Crippen LogP contribution < -0.4 is 10.2 Å². The molecular formula is C21H23ClN4O. The monoisotopic (exact) mass is 382 g/mol. The molecule has 1 N–H and O–H groups in total. The Morgan fingerprint density at radius 2 is 1.85 bits per heavy atom. The molecule has 0 fully saturated rings. The minimum absolute atomic E-state index is 0.188. The third-order valence-corrected chi connectivity index (χ3v) is 4.91. The molecule has 0 aliphatic carbocycles. The van der Waals surface area contributed by atoms with E-state index in [0.717, 1.165) is 29.4 Å². The highest BCUT2D eigenvalue weighted by molar-refractivity contribution is 6.33. The van der Waals surface area contributed by atoms with Crippen molar-refractivity contribution in [3.63, 3.8) is 0 Å². The highest BCUT2D eigenvalue weighted by atomic mass is 35.5. The van der Waals surface area contributed by atoms with Crippen molar-refractivity contribution in [1.29, 1.82) is 0 Å². The van der Waals surface area contributed by atoms with Crippen molar-refractivity contribution in [1.82, 2.24) is 15.3 Å². The Morgan fingerprint density at radius 1 is 1.15 bits per heavy atom. The van der Waals surface area contributed by atoms with Crippen LogP contribution in [0.5, 0.6) is 0 Å². The highest BCUT2D eigenvalue weighted by Gasteiger charge is 2.19. The lowest BCUT2D eigenvalue weighted by Crippen LogP contribution is -2.30. The number of nitrogens with zero attached hydrogens (tertiary/aromatic N) is 3. The van der Waals surface area contributed by atoms with Crippen LogP contribution in [0.4, 0.5) is 5.95 Å². The van der Waals surface area contributed by atoms with E-state index >= 15 is 0 Å². The van der Waals surface area contributed by atoms with Crippen molar-refractivity contribution >= 4 is 34.2 Å². The molecule has 5 nitrogen and oxygen atoms in total. The Hall–Kier alpha value is -2.66. The van der Waals surface area contributed by atoms with Gasteiger partial charge in [-0.3, -0.25) is 4.79 Å². The van der Waals surface area contributed by atoms with Gasteiger partial charge in [0.05, 0.1) is 17.3 Å². The van der Waals surface area contributed by atoms with Crippen LogP contribution in [0.15, 0.2) is 48.7 Å². The number of aromatic nitrogens is 2. The molecule has 1 atom stereocenters. The van der Waals surface area contributed by atoms with Gasteiger partial charge in [0.1, 0.15) is 0 Å². The van der Waals surface area contributed by atoms with Gasteiger partial charge in [0.25, 0.3) is 5.91 Å². The zero-order valence-electron chi connectivity index (χ0n) is 15.7. The van der Waals surface area contributed by atoms with E-state index in [1.807, 2.05) is 49.9 Å². The second-order valence-corrected chi connectivity index (χ2v) is 6.71. The van der Waals surface area contributed by atoms with E-state index in [1.54, 1.807) is 0 Å². The summed E-state index contributed by atoms with van der Waals surface area (Å²) in [6.45, 7) is 7.50. The summed E-state index contributed by atoms with van der Waals surface area (Å²) < 4.78 is 0. The minimum atomic E-state index is -0.309. The van der Waals surface area contributed by atoms with Crippen molar-refractivity contribution in [3.8, 4) is 0 Å². The Labute approximate surface area is 164 Å². The molecule has 3 rings (SSSR count). The standard InChI is InChI=1S/C21H23ClN4O/c1-4-26(5-2)21-23-13-18(22)19(25-21)20(27)24-14(3)16-12-8-10-15-9-6-7-11-17(15)16/h6-14H,4-5H2,1-3H3,(H,24,27). The van der Waals surface area contributed by atoms with Crippen LogP contribution in [0.1, 0.15) is 42.9 Å². The van der Waals surface area contributed by atoms with E-state index < -0.39 is 0 Å². The Kier molecular flexibility index (Phi) is 5.91. The second kappa shape index (κ2) is 8.35. The van der Waals surface area contributed by atoms with Crippen molar-refractivity contribution < 1.29 is 4.79 Å². The molecule has 0 saturated carbocycles. The molecule has 2 aromatic carbocycles. The van der Waals surface area contributed by atoms with Crippen LogP contribution in [0.2, 0.25) is 5.02 Å². The number of rotatable bonds is 6. The van der Waals surface area contributed by atoms with Crippen LogP contribution >= 0.6 is 11.6 Å². The molecule has 0 aliphatic rings. The molecule has 0 bridgehead atoms. The Bertz CT molecular complexity index is 951. The number of carbonyl (C=O) groups is 1. The average molecular weight is 383 g/mol. The molecule has 1 aromatic heterocycles. The lowest BCUT2D eigenvalue weighted by Gasteiger charge is -2.20. The van der Waals surface area contributed by atoms with E-state index in [0.29, 0.717) is 5.95 Å². The van der Waals surface area contributed by atoms with Gasteiger partial charge >= 0.3 is 0 Å². The third-order valence-electron chi connectivity index (χ3n) is 4.63. The summed E-state index contributed by atoms with van der Waals surface area (Å²) >= 11 is 6.20. The molecule has 140 valence electrons. The molecular weight excluding hydrogens is 360 g/mol. The number of anilines is 1. The van der Waals surface area contributed by atoms with Gasteiger partial charge < -0.3 is 10.2 Å². The first-order valence-electron chi connectivity index (χ1n) is 9.11. The van der Waals surface area contributed by atoms with E-state index in [2.05, 4.69) is 33.5 Å². The predicted molar refractivity (Wildman–Crippen MR) is 110 cm³/mol. The summed E-state index contributed by atoms with van der Waals surface area (Å²) in [5.41, 5.74) is 1.25. The molecule has 1 amide bonds. The zero-order chi connectivity index (χ0) is 19.4. The van der Waals surface area contributed by atoms with E-state index in [1.165, 1.54) is 6.20 Å². The quantitative estimate of drug-likeness (QED) is 0.675. The highest BCUT2D eigenvalue weighted by Crippen LogP contribution is 2.25. The summed E-state index contributed by atoms with van der Waals surface area (Å²) in [6.07, 6.45) is 1.49. The number of nitrogens with one attached hydrogen (secondary N) is 1. The molecule has 3 aromatic rings. The van der Waals surface area contributed by atoms with Gasteiger partial charge in [-0.05, 0) is 37.1 Å². The van der Waals surface area contributed by atoms with Gasteiger partial charge in [0.2, 0.25) is 5.95 Å². The largest absolute Gasteiger partial charge is 0.344 e. The van der Waals surface area contributed by atoms with Crippen molar-refractivity contribution in [2.75, 3.05) is 18.0 Å². The molecule has 1 unspecified atom stereocenters. The number of fused-ring (bicyclic) bond motifs is 1. The van der Waals surface area contributed by atoms with E-state index in [9.17, 15) is 4.79 Å². The molecule has 0 radical (unpaired) electrons. The molecule has 1 heterocycles. The van der Waals surface area contributed by atoms with Crippen molar-refractivity contribution in [2.24, 2.45) is 0 Å². The van der Waals surface area contributed by atoms with Crippen LogP contribution in [0.25, 0.3) is 10.8 Å². The van der Waals surface area contributed by atoms with Gasteiger partial charge in [-0.15, -0.1) is 0 Å². The topological polar surface area (TPSA) is 58.1 Å². The Balaban J connectivity index is 1.87. The van der Waals surface area contributed by atoms with Crippen LogP contribution in [0, 0.1) is 0 Å². The first-order valence-corrected chi connectivity index (χ1v) is 9.49. The van der Waals surface area contributed by atoms with Gasteiger partial charge in [-0.2, -0.15) is 0 Å². The van der Waals surface area contributed by atoms with Crippen LogP contribution in [0.3, 0.4) is 0 Å². The summed E-state index contributed by atoms with van der Waals surface area (Å²) in [6, 6.07) is 14.0. The third kappa shape index (κ3) is 4.03. The molecule has 0 spiro atoms. The number of benzene rings is 2. The lowest BCUT2D eigenvalue weighted by molar-refractivity contribution is 0.0935. The number of hydrogen-bond donors (Lipinski definition) is 1. The van der Waals surface area contributed by atoms with Crippen molar-refractivity contribution in [3.05, 3.63) is 64.9 Å². The van der Waals surface area contributed by atoms with E-state index in [-0.39, 0.29) is 22.7 Å². The predicted octanol–water partition coefficient (Wildman–Crippen LogP) is 4.62. The average Bonchev–Trinajstić information content (AvgIpc) is 2.69. The second-order valence-electron chi connectivity index (χ2n) is 6.30. The van der Waals surface area contributed by atoms with Gasteiger partial charge in [-0.1, -0.05) is 54.1 Å². The van der Waals surface area contributed by atoms with Crippen molar-refractivity contribution in [2.45, 2.75) is 26.8 Å². The maximum atomic E-state index is 12.8. The fraction of sp³-hybridized carbons (Fsp3) is 0.286. The Morgan fingerprint density at radius 3 is 2.59 bits per heavy atom. The number of halogens is 1. The minimum Gasteiger partial charge on any atom is -0.344 e. The van der Waals surface area contributed by atoms with Crippen LogP contribution in [-0.4, -0.2) is 29.0 Å². The fourth-order valence-corrected chi connectivity index (χ4v) is 3.32. The maximum absolute atomic E-state index is 12.8. The summed E-state index contributed by atoms with van der Waals surface area (Å²) in [5, 5.41) is 5.51. The lowest BCUT2D eigenvalue weighted by atomic mass is 9.99. The molecule has 0 aliphatic heterocycles. The van der Waals surface area contributed by atoms with Gasteiger partial charge in [0.15, 0.2) is 5.69 Å². The summed E-state index contributed by atoms with van der Waals surface area (Å²) in [4.78, 5) is 23.4. The first kappa shape index (κ1) is 19.1. The number of hydrogen-bond acceptors (Lipinski definition) is 4. The summed E-state index contributed by atoms with van der Waals surface area (Å²) in [5.74, 6) is 0.198. The van der Waals surface area contributed by atoms with E-state index in [4.69, 9.17) is 11.6 Å². The smallest absolute Gasteiger partial charge is 0.272 e. The molecule has 0 saturated heterocycles. The summed E-state index contributed by atoms with van der Waals surface area (Å²) in [7, 11) is 0. The molecule has 27 heavy (non-hydrogen) atoms. The number of carbonyl (C=O) groups excluding carboxylic acids is 1. The maximum Gasteiger partial charge on any atom is 0.272 e. The van der Waals surface area contributed by atoms with Crippen LogP contribution in [-0.2, 0) is 0 Å². The SMILES string of the molecule is CCN(CC)c1ncc(Cl)c(C(=O)NC(C)c2cccc3ccccc23)n1. The zero-order valence-corrected chi connectivity index (χ0v) is 16.5. The van der Waals surface area contributed by atoms with Gasteiger partial charge in [0, 0.05) is 13.1 Å². The fourth-order valence-electron chi connectivity index (χ4n) is 3.15. The molecule has 6 heteroatoms.